The number of nitrogens with one attached hydrogen (secondary N) is 3. The first-order valence-electron chi connectivity index (χ1n) is 13.6. The zero-order valence-electron chi connectivity index (χ0n) is 23.4. The van der Waals surface area contributed by atoms with E-state index in [0.29, 0.717) is 31.9 Å². The number of carbonyl (C=O) groups excluding carboxylic acids is 2. The van der Waals surface area contributed by atoms with Gasteiger partial charge in [0, 0.05) is 58.1 Å². The van der Waals surface area contributed by atoms with E-state index in [0.717, 1.165) is 38.0 Å². The van der Waals surface area contributed by atoms with Crippen LogP contribution in [-0.4, -0.2) is 93.0 Å². The molecule has 216 valence electrons. The molecule has 2 aliphatic rings. The molecule has 3 heterocycles. The number of hydrogen-bond acceptors (Lipinski definition) is 7. The number of carbonyl (C=O) groups is 2. The molecule has 0 bridgehead atoms. The van der Waals surface area contributed by atoms with E-state index in [1.807, 2.05) is 25.1 Å². The summed E-state index contributed by atoms with van der Waals surface area (Å²) in [7, 11) is 0. The fourth-order valence-corrected chi connectivity index (χ4v) is 5.08. The first-order chi connectivity index (χ1) is 18.9. The van der Waals surface area contributed by atoms with Gasteiger partial charge in [-0.2, -0.15) is 4.98 Å². The maximum Gasteiger partial charge on any atom is 0.354 e. The Morgan fingerprint density at radius 1 is 1.07 bits per heavy atom. The molecule has 0 unspecified atom stereocenters. The number of hydrogen-bond donors (Lipinski definition) is 5. The van der Waals surface area contributed by atoms with E-state index in [1.54, 1.807) is 35.9 Å². The number of rotatable bonds is 6. The van der Waals surface area contributed by atoms with Crippen LogP contribution in [0.3, 0.4) is 0 Å². The van der Waals surface area contributed by atoms with Crippen molar-refractivity contribution < 1.29 is 9.59 Å². The van der Waals surface area contributed by atoms with Gasteiger partial charge in [-0.25, -0.2) is 9.59 Å². The summed E-state index contributed by atoms with van der Waals surface area (Å²) in [4.78, 5) is 47.6. The fourth-order valence-electron chi connectivity index (χ4n) is 5.08. The lowest BCUT2D eigenvalue weighted by Crippen LogP contribution is -2.58. The number of nitrogens with zero attached hydrogens (tertiary/aromatic N) is 5. The van der Waals surface area contributed by atoms with Crippen molar-refractivity contribution >= 4 is 23.7 Å². The van der Waals surface area contributed by atoms with Crippen molar-refractivity contribution in [3.05, 3.63) is 52.1 Å². The van der Waals surface area contributed by atoms with Crippen LogP contribution in [-0.2, 0) is 11.3 Å². The van der Waals surface area contributed by atoms with Crippen molar-refractivity contribution in [1.82, 2.24) is 29.6 Å². The lowest BCUT2D eigenvalue weighted by Gasteiger charge is -2.37. The van der Waals surface area contributed by atoms with Crippen LogP contribution in [0.2, 0.25) is 0 Å². The second-order valence-corrected chi connectivity index (χ2v) is 11.1. The first-order valence-corrected chi connectivity index (χ1v) is 13.6. The van der Waals surface area contributed by atoms with Gasteiger partial charge in [-0.15, -0.1) is 0 Å². The summed E-state index contributed by atoms with van der Waals surface area (Å²) in [5, 5.41) is 13.1. The van der Waals surface area contributed by atoms with Gasteiger partial charge in [-0.3, -0.25) is 25.0 Å². The number of benzene rings is 1. The zero-order chi connectivity index (χ0) is 29.0. The van der Waals surface area contributed by atoms with Crippen LogP contribution in [0, 0.1) is 12.3 Å². The minimum Gasteiger partial charge on any atom is -0.370 e. The van der Waals surface area contributed by atoms with Crippen LogP contribution in [0.15, 0.2) is 35.3 Å². The van der Waals surface area contributed by atoms with E-state index in [4.69, 9.17) is 16.9 Å². The summed E-state index contributed by atoms with van der Waals surface area (Å²) in [6, 6.07) is 7.36. The van der Waals surface area contributed by atoms with Gasteiger partial charge in [0.2, 0.25) is 5.91 Å². The van der Waals surface area contributed by atoms with Crippen LogP contribution < -0.4 is 27.8 Å². The Morgan fingerprint density at radius 2 is 1.73 bits per heavy atom. The predicted octanol–water partition coefficient (Wildman–Crippen LogP) is 0.402. The Kier molecular flexibility index (Phi) is 8.74. The molecule has 2 fully saturated rings. The fraction of sp³-hybridized carbons (Fsp3) is 0.519. The molecule has 1 aromatic heterocycles. The summed E-state index contributed by atoms with van der Waals surface area (Å²) in [5.41, 5.74) is 12.9. The molecule has 0 spiro atoms. The Morgan fingerprint density at radius 3 is 2.30 bits per heavy atom. The van der Waals surface area contributed by atoms with E-state index in [2.05, 4.69) is 20.5 Å². The molecule has 3 amide bonds. The second kappa shape index (κ2) is 12.0. The van der Waals surface area contributed by atoms with Crippen LogP contribution in [0.5, 0.6) is 0 Å². The normalized spacial score (nSPS) is 17.0. The highest BCUT2D eigenvalue weighted by Gasteiger charge is 2.31. The molecular formula is C27H40N10O3. The van der Waals surface area contributed by atoms with Crippen molar-refractivity contribution in [3.63, 3.8) is 0 Å². The number of nitrogens with two attached hydrogens (primary N) is 2. The Balaban J connectivity index is 1.33. The number of aryl methyl sites for hydroxylation is 1. The Labute approximate surface area is 234 Å². The molecule has 1 aromatic carbocycles. The molecule has 2 saturated heterocycles. The third-order valence-electron chi connectivity index (χ3n) is 7.39. The van der Waals surface area contributed by atoms with Crippen LogP contribution in [0.4, 0.5) is 10.6 Å². The molecule has 2 aliphatic heterocycles. The van der Waals surface area contributed by atoms with Crippen LogP contribution >= 0.6 is 0 Å². The number of piperazine rings is 1. The van der Waals surface area contributed by atoms with Crippen molar-refractivity contribution in [2.75, 3.05) is 44.6 Å². The van der Waals surface area contributed by atoms with E-state index in [1.165, 1.54) is 10.1 Å². The molecular weight excluding hydrogens is 512 g/mol. The van der Waals surface area contributed by atoms with Gasteiger partial charge in [0.15, 0.2) is 5.96 Å². The highest BCUT2D eigenvalue weighted by atomic mass is 16.2. The van der Waals surface area contributed by atoms with E-state index >= 15 is 0 Å². The van der Waals surface area contributed by atoms with E-state index in [9.17, 15) is 14.4 Å². The topological polar surface area (TPSA) is 179 Å². The lowest BCUT2D eigenvalue weighted by atomic mass is 10.0. The number of urea groups is 1. The monoisotopic (exact) mass is 552 g/mol. The van der Waals surface area contributed by atoms with Crippen molar-refractivity contribution in [2.45, 2.75) is 51.7 Å². The van der Waals surface area contributed by atoms with E-state index < -0.39 is 11.2 Å². The van der Waals surface area contributed by atoms with Crippen molar-refractivity contribution in [1.29, 1.82) is 5.41 Å². The van der Waals surface area contributed by atoms with Crippen LogP contribution in [0.25, 0.3) is 5.69 Å². The zero-order valence-corrected chi connectivity index (χ0v) is 23.4. The number of likely N-dealkylation sites (tertiary alicyclic amines) is 1. The third kappa shape index (κ3) is 7.16. The van der Waals surface area contributed by atoms with Gasteiger partial charge in [0.1, 0.15) is 5.82 Å². The summed E-state index contributed by atoms with van der Waals surface area (Å²) >= 11 is 0. The van der Waals surface area contributed by atoms with Gasteiger partial charge in [0.25, 0.3) is 0 Å². The summed E-state index contributed by atoms with van der Waals surface area (Å²) in [5.74, 6) is 0.0402. The molecule has 0 radical (unpaired) electrons. The minimum absolute atomic E-state index is 0.0186. The highest BCUT2D eigenvalue weighted by molar-refractivity contribution is 5.89. The standard InChI is InChI=1S/C27H40N10O3/c1-18-16-21(5-4-19(18)17-34-9-6-20(7-10-34)31-24(28)29)37-11-8-22(33-26(37)40)32-25(39)36-14-12-35(13-15-36)23(38)27(2,3)30/h4-5,8,11,16,20H,6-7,9-10,12-15,17,30H2,1-3H3,(H4,28,29,31)(H,32,33,39,40). The average molecular weight is 553 g/mol. The van der Waals surface area contributed by atoms with Gasteiger partial charge in [-0.05, 0) is 62.9 Å². The van der Waals surface area contributed by atoms with Crippen molar-refractivity contribution in [2.24, 2.45) is 11.5 Å². The van der Waals surface area contributed by atoms with Crippen LogP contribution in [0.1, 0.15) is 37.8 Å². The first kappa shape index (κ1) is 29.0. The number of amides is 3. The molecule has 4 rings (SSSR count). The number of guanidine groups is 1. The van der Waals surface area contributed by atoms with Gasteiger partial charge >= 0.3 is 11.7 Å². The summed E-state index contributed by atoms with van der Waals surface area (Å²) in [6.07, 6.45) is 3.47. The summed E-state index contributed by atoms with van der Waals surface area (Å²) in [6.45, 7) is 9.53. The quantitative estimate of drug-likeness (QED) is 0.252. The SMILES string of the molecule is Cc1cc(-n2ccc(NC(=O)N3CCN(C(=O)C(C)(C)N)CC3)nc2=O)ccc1CN1CCC(NC(=N)N)CC1. The Hall–Kier alpha value is -3.97. The van der Waals surface area contributed by atoms with Crippen molar-refractivity contribution in [3.8, 4) is 5.69 Å². The molecule has 13 heteroatoms. The minimum atomic E-state index is -0.954. The smallest absolute Gasteiger partial charge is 0.354 e. The number of aromatic nitrogens is 2. The third-order valence-corrected chi connectivity index (χ3v) is 7.39. The van der Waals surface area contributed by atoms with Gasteiger partial charge in [-0.1, -0.05) is 6.07 Å². The molecule has 2 aromatic rings. The number of anilines is 1. The maximum atomic E-state index is 12.8. The average Bonchev–Trinajstić information content (AvgIpc) is 2.90. The highest BCUT2D eigenvalue weighted by Crippen LogP contribution is 2.19. The summed E-state index contributed by atoms with van der Waals surface area (Å²) < 4.78 is 1.45. The Bertz CT molecular complexity index is 1300. The van der Waals surface area contributed by atoms with Gasteiger partial charge < -0.3 is 26.6 Å². The molecule has 13 nitrogen and oxygen atoms in total. The van der Waals surface area contributed by atoms with E-state index in [-0.39, 0.29) is 29.8 Å². The predicted molar refractivity (Wildman–Crippen MR) is 153 cm³/mol. The molecule has 7 N–H and O–H groups in total. The largest absolute Gasteiger partial charge is 0.370 e. The van der Waals surface area contributed by atoms with Gasteiger partial charge in [0.05, 0.1) is 11.2 Å². The lowest BCUT2D eigenvalue weighted by molar-refractivity contribution is -0.137. The maximum absolute atomic E-state index is 12.8. The molecule has 0 saturated carbocycles. The molecule has 0 atom stereocenters. The number of piperidine rings is 1. The molecule has 40 heavy (non-hydrogen) atoms. The molecule has 0 aliphatic carbocycles. The second-order valence-electron chi connectivity index (χ2n) is 11.1.